The van der Waals surface area contributed by atoms with E-state index >= 15 is 0 Å². The van der Waals surface area contributed by atoms with Crippen LogP contribution in [0.1, 0.15) is 10.6 Å². The number of halogens is 1. The van der Waals surface area contributed by atoms with E-state index < -0.39 is 16.7 Å². The molecule has 0 bridgehead atoms. The zero-order valence-corrected chi connectivity index (χ0v) is 12.6. The molecule has 2 aromatic heterocycles. The first-order valence-electron chi connectivity index (χ1n) is 6.09. The molecule has 0 fully saturated rings. The highest BCUT2D eigenvalue weighted by Crippen LogP contribution is 2.28. The Hall–Kier alpha value is -2.44. The number of thiazole rings is 1. The smallest absolute Gasteiger partial charge is 0.273 e. The molecule has 0 aliphatic rings. The largest absolute Gasteiger partial charge is 0.358 e. The van der Waals surface area contributed by atoms with Crippen molar-refractivity contribution in [3.63, 3.8) is 0 Å². The minimum atomic E-state index is -3.86. The van der Waals surface area contributed by atoms with Gasteiger partial charge < -0.3 is 4.98 Å². The lowest BCUT2D eigenvalue weighted by Gasteiger charge is -2.07. The van der Waals surface area contributed by atoms with Crippen LogP contribution in [0.5, 0.6) is 0 Å². The second kappa shape index (κ2) is 5.40. The van der Waals surface area contributed by atoms with Crippen molar-refractivity contribution in [3.05, 3.63) is 41.2 Å². The number of para-hydroxylation sites is 1. The van der Waals surface area contributed by atoms with E-state index in [1.807, 2.05) is 6.07 Å². The van der Waals surface area contributed by atoms with Gasteiger partial charge in [0.05, 0.1) is 23.0 Å². The van der Waals surface area contributed by atoms with Crippen LogP contribution in [0, 0.1) is 11.3 Å². The Morgan fingerprint density at radius 2 is 2.27 bits per heavy atom. The van der Waals surface area contributed by atoms with Gasteiger partial charge in [-0.15, -0.1) is 11.3 Å². The van der Waals surface area contributed by atoms with Gasteiger partial charge in [-0.25, -0.2) is 17.8 Å². The molecule has 22 heavy (non-hydrogen) atoms. The summed E-state index contributed by atoms with van der Waals surface area (Å²) in [5, 5.41) is 9.73. The van der Waals surface area contributed by atoms with E-state index in [0.717, 1.165) is 17.5 Å². The van der Waals surface area contributed by atoms with Gasteiger partial charge in [0.25, 0.3) is 10.0 Å². The SMILES string of the molecule is N#Cc1c[nH]c2c(NS(=O)(=O)c3cnc(CF)s3)cccc12. The number of aromatic nitrogens is 2. The standard InChI is InChI=1S/C13H9FN4O2S2/c14-4-11-16-7-12(21-11)22(19,20)18-10-3-1-2-9-8(5-15)6-17-13(9)10/h1-3,6-7,17-18H,4H2. The number of nitriles is 1. The Morgan fingerprint density at radius 1 is 1.45 bits per heavy atom. The lowest BCUT2D eigenvalue weighted by Crippen LogP contribution is -2.11. The van der Waals surface area contributed by atoms with Crippen LogP contribution >= 0.6 is 11.3 Å². The molecule has 1 aromatic carbocycles. The summed E-state index contributed by atoms with van der Waals surface area (Å²) in [6, 6.07) is 6.97. The summed E-state index contributed by atoms with van der Waals surface area (Å²) in [4.78, 5) is 6.57. The number of hydrogen-bond donors (Lipinski definition) is 2. The van der Waals surface area contributed by atoms with Crippen molar-refractivity contribution in [1.82, 2.24) is 9.97 Å². The highest BCUT2D eigenvalue weighted by atomic mass is 32.2. The van der Waals surface area contributed by atoms with Crippen molar-refractivity contribution in [2.75, 3.05) is 4.72 Å². The molecular formula is C13H9FN4O2S2. The quantitative estimate of drug-likeness (QED) is 0.765. The molecule has 0 unspecified atom stereocenters. The van der Waals surface area contributed by atoms with Gasteiger partial charge in [-0.1, -0.05) is 12.1 Å². The van der Waals surface area contributed by atoms with Crippen molar-refractivity contribution in [1.29, 1.82) is 5.26 Å². The zero-order chi connectivity index (χ0) is 15.7. The van der Waals surface area contributed by atoms with E-state index in [0.29, 0.717) is 22.2 Å². The first-order chi connectivity index (χ1) is 10.5. The Morgan fingerprint density at radius 3 is 2.95 bits per heavy atom. The number of fused-ring (bicyclic) bond motifs is 1. The van der Waals surface area contributed by atoms with Gasteiger partial charge in [0.15, 0.2) is 4.21 Å². The number of alkyl halides is 1. The first kappa shape index (κ1) is 14.5. The molecule has 0 amide bonds. The number of H-pyrrole nitrogens is 1. The van der Waals surface area contributed by atoms with Gasteiger partial charge in [0.1, 0.15) is 17.8 Å². The second-order valence-electron chi connectivity index (χ2n) is 4.35. The predicted molar refractivity (Wildman–Crippen MR) is 80.7 cm³/mol. The van der Waals surface area contributed by atoms with Crippen LogP contribution < -0.4 is 4.72 Å². The minimum Gasteiger partial charge on any atom is -0.358 e. The fourth-order valence-electron chi connectivity index (χ4n) is 2.01. The van der Waals surface area contributed by atoms with E-state index in [1.54, 1.807) is 18.2 Å². The van der Waals surface area contributed by atoms with Crippen LogP contribution in [0.25, 0.3) is 10.9 Å². The molecule has 0 saturated heterocycles. The highest BCUT2D eigenvalue weighted by Gasteiger charge is 2.19. The average Bonchev–Trinajstić information content (AvgIpc) is 3.14. The molecule has 0 aliphatic carbocycles. The maximum atomic E-state index is 12.5. The molecule has 0 saturated carbocycles. The van der Waals surface area contributed by atoms with Crippen molar-refractivity contribution >= 4 is 38.0 Å². The van der Waals surface area contributed by atoms with E-state index in [9.17, 15) is 12.8 Å². The van der Waals surface area contributed by atoms with E-state index in [-0.39, 0.29) is 9.22 Å². The van der Waals surface area contributed by atoms with Crippen LogP contribution in [0.3, 0.4) is 0 Å². The normalized spacial score (nSPS) is 11.5. The Bertz CT molecular complexity index is 985. The molecular weight excluding hydrogens is 327 g/mol. The molecule has 0 spiro atoms. The fraction of sp³-hybridized carbons (Fsp3) is 0.0769. The first-order valence-corrected chi connectivity index (χ1v) is 8.39. The van der Waals surface area contributed by atoms with Gasteiger partial charge in [-0.2, -0.15) is 5.26 Å². The van der Waals surface area contributed by atoms with Gasteiger partial charge >= 0.3 is 0 Å². The second-order valence-corrected chi connectivity index (χ2v) is 7.38. The van der Waals surface area contributed by atoms with E-state index in [2.05, 4.69) is 14.7 Å². The molecule has 2 heterocycles. The van der Waals surface area contributed by atoms with Gasteiger partial charge in [0, 0.05) is 11.6 Å². The summed E-state index contributed by atoms with van der Waals surface area (Å²) in [5.41, 5.74) is 1.25. The number of sulfonamides is 1. The van der Waals surface area contributed by atoms with E-state index in [4.69, 9.17) is 5.26 Å². The summed E-state index contributed by atoms with van der Waals surface area (Å²) in [7, 11) is -3.86. The third-order valence-corrected chi connectivity index (χ3v) is 5.78. The molecule has 2 N–H and O–H groups in total. The lowest BCUT2D eigenvalue weighted by molar-refractivity contribution is 0.483. The lowest BCUT2D eigenvalue weighted by atomic mass is 10.2. The summed E-state index contributed by atoms with van der Waals surface area (Å²) >= 11 is 0.775. The van der Waals surface area contributed by atoms with E-state index in [1.165, 1.54) is 6.20 Å². The number of nitrogens with zero attached hydrogens (tertiary/aromatic N) is 2. The summed E-state index contributed by atoms with van der Waals surface area (Å²) in [5.74, 6) is 0. The molecule has 0 radical (unpaired) electrons. The van der Waals surface area contributed by atoms with Crippen LogP contribution in [0.15, 0.2) is 34.8 Å². The minimum absolute atomic E-state index is 0.0655. The number of hydrogen-bond acceptors (Lipinski definition) is 5. The Kier molecular flexibility index (Phi) is 3.56. The summed E-state index contributed by atoms with van der Waals surface area (Å²) < 4.78 is 39.5. The maximum absolute atomic E-state index is 12.5. The molecule has 3 rings (SSSR count). The monoisotopic (exact) mass is 336 g/mol. The molecule has 112 valence electrons. The van der Waals surface area contributed by atoms with Gasteiger partial charge in [-0.05, 0) is 6.07 Å². The van der Waals surface area contributed by atoms with Crippen molar-refractivity contribution in [2.24, 2.45) is 0 Å². The van der Waals surface area contributed by atoms with Crippen LogP contribution in [0.2, 0.25) is 0 Å². The summed E-state index contributed by atoms with van der Waals surface area (Å²) in [6.07, 6.45) is 2.63. The van der Waals surface area contributed by atoms with Gasteiger partial charge in [-0.3, -0.25) is 4.72 Å². The Labute approximate surface area is 129 Å². The number of rotatable bonds is 4. The number of benzene rings is 1. The topological polar surface area (TPSA) is 98.6 Å². The van der Waals surface area contributed by atoms with Crippen molar-refractivity contribution < 1.29 is 12.8 Å². The van der Waals surface area contributed by atoms with Crippen molar-refractivity contribution in [2.45, 2.75) is 10.9 Å². The van der Waals surface area contributed by atoms with Crippen molar-refractivity contribution in [3.8, 4) is 6.07 Å². The number of nitrogens with one attached hydrogen (secondary N) is 2. The Balaban J connectivity index is 2.02. The van der Waals surface area contributed by atoms with Crippen LogP contribution in [-0.2, 0) is 16.7 Å². The van der Waals surface area contributed by atoms with Gasteiger partial charge in [0.2, 0.25) is 0 Å². The third-order valence-electron chi connectivity index (χ3n) is 2.99. The third kappa shape index (κ3) is 2.43. The average molecular weight is 336 g/mol. The summed E-state index contributed by atoms with van der Waals surface area (Å²) in [6.45, 7) is -0.808. The molecule has 3 aromatic rings. The number of aromatic amines is 1. The maximum Gasteiger partial charge on any atom is 0.273 e. The fourth-order valence-corrected chi connectivity index (χ4v) is 4.11. The van der Waals surface area contributed by atoms with Crippen LogP contribution in [0.4, 0.5) is 10.1 Å². The predicted octanol–water partition coefficient (Wildman–Crippen LogP) is 2.77. The van der Waals surface area contributed by atoms with Crippen LogP contribution in [-0.4, -0.2) is 18.4 Å². The molecule has 9 heteroatoms. The zero-order valence-electron chi connectivity index (χ0n) is 11.0. The molecule has 6 nitrogen and oxygen atoms in total. The highest BCUT2D eigenvalue weighted by molar-refractivity contribution is 7.94. The molecule has 0 atom stereocenters. The number of anilines is 1. The molecule has 0 aliphatic heterocycles.